The minimum absolute atomic E-state index is 0.0310. The Morgan fingerprint density at radius 1 is 0.778 bits per heavy atom. The van der Waals surface area contributed by atoms with Gasteiger partial charge in [-0.15, -0.1) is 0 Å². The van der Waals surface area contributed by atoms with E-state index in [2.05, 4.69) is 41.7 Å². The van der Waals surface area contributed by atoms with Gasteiger partial charge in [0.2, 0.25) is 5.91 Å². The highest BCUT2D eigenvalue weighted by Gasteiger charge is 2.28. The fourth-order valence-corrected chi connectivity index (χ4v) is 7.78. The van der Waals surface area contributed by atoms with Gasteiger partial charge < -0.3 is 10.2 Å². The van der Waals surface area contributed by atoms with Crippen LogP contribution in [0.1, 0.15) is 90.4 Å². The van der Waals surface area contributed by atoms with E-state index in [9.17, 15) is 9.59 Å². The summed E-state index contributed by atoms with van der Waals surface area (Å²) in [4.78, 5) is 29.5. The highest BCUT2D eigenvalue weighted by atomic mass is 33.1. The van der Waals surface area contributed by atoms with Gasteiger partial charge in [-0.3, -0.25) is 9.59 Å². The van der Waals surface area contributed by atoms with Crippen molar-refractivity contribution in [2.24, 2.45) is 0 Å². The Balaban J connectivity index is 1.54. The fraction of sp³-hybridized carbons (Fsp3) is 0.533. The van der Waals surface area contributed by atoms with Crippen LogP contribution in [-0.4, -0.2) is 23.8 Å². The summed E-state index contributed by atoms with van der Waals surface area (Å²) in [6, 6.07) is 17.5. The summed E-state index contributed by atoms with van der Waals surface area (Å²) in [6.45, 7) is 1.51. The fourth-order valence-electron chi connectivity index (χ4n) is 5.47. The lowest BCUT2D eigenvalue weighted by atomic mass is 10.0. The molecule has 0 radical (unpaired) electrons. The van der Waals surface area contributed by atoms with Gasteiger partial charge in [0.1, 0.15) is 5.78 Å². The van der Waals surface area contributed by atoms with Crippen molar-refractivity contribution in [3.8, 4) is 0 Å². The number of para-hydroxylation sites is 2. The highest BCUT2D eigenvalue weighted by Crippen LogP contribution is 2.45. The molecule has 0 bridgehead atoms. The first kappa shape index (κ1) is 27.1. The molecule has 2 aromatic carbocycles. The van der Waals surface area contributed by atoms with E-state index in [0.717, 1.165) is 36.3 Å². The molecule has 2 saturated carbocycles. The van der Waals surface area contributed by atoms with E-state index in [1.807, 2.05) is 17.0 Å². The predicted octanol–water partition coefficient (Wildman–Crippen LogP) is 8.66. The molecule has 0 unspecified atom stereocenters. The average Bonchev–Trinajstić information content (AvgIpc) is 3.29. The van der Waals surface area contributed by atoms with Crippen molar-refractivity contribution in [3.05, 3.63) is 48.5 Å². The first-order chi connectivity index (χ1) is 17.6. The minimum Gasteiger partial charge on any atom is -0.381 e. The Morgan fingerprint density at radius 2 is 1.33 bits per heavy atom. The summed E-state index contributed by atoms with van der Waals surface area (Å²) >= 11 is 0. The van der Waals surface area contributed by atoms with E-state index in [-0.39, 0.29) is 24.2 Å². The van der Waals surface area contributed by atoms with Gasteiger partial charge in [-0.2, -0.15) is 0 Å². The van der Waals surface area contributed by atoms with E-state index in [4.69, 9.17) is 0 Å². The normalized spacial score (nSPS) is 17.7. The van der Waals surface area contributed by atoms with E-state index in [0.29, 0.717) is 6.04 Å². The average molecular weight is 525 g/mol. The molecule has 36 heavy (non-hydrogen) atoms. The Hall–Kier alpha value is -1.92. The van der Waals surface area contributed by atoms with Crippen LogP contribution >= 0.6 is 21.6 Å². The molecule has 0 saturated heterocycles. The van der Waals surface area contributed by atoms with Crippen molar-refractivity contribution in [3.63, 3.8) is 0 Å². The van der Waals surface area contributed by atoms with Crippen molar-refractivity contribution in [2.45, 2.75) is 112 Å². The third-order valence-corrected chi connectivity index (χ3v) is 9.78. The third kappa shape index (κ3) is 7.79. The molecule has 2 aromatic rings. The zero-order valence-electron chi connectivity index (χ0n) is 21.5. The standard InChI is InChI=1S/C30H40N2O2S2/c1-23(33)22-30(34)32(25-16-8-4-5-9-17-25)27-19-11-13-21-29(27)36-35-28-20-12-10-18-26(28)31-24-14-6-2-3-7-15-24/h10-13,18-21,24-25,31H,2-9,14-17,22H2,1H3. The van der Waals surface area contributed by atoms with Crippen LogP contribution in [0.15, 0.2) is 58.3 Å². The number of benzene rings is 2. The Bertz CT molecular complexity index is 996. The summed E-state index contributed by atoms with van der Waals surface area (Å²) in [5.41, 5.74) is 2.15. The highest BCUT2D eigenvalue weighted by molar-refractivity contribution is 8.76. The zero-order valence-corrected chi connectivity index (χ0v) is 23.2. The van der Waals surface area contributed by atoms with Crippen molar-refractivity contribution >= 4 is 44.7 Å². The van der Waals surface area contributed by atoms with E-state index in [1.54, 1.807) is 21.6 Å². The summed E-state index contributed by atoms with van der Waals surface area (Å²) in [6.07, 6.45) is 14.5. The number of hydrogen-bond donors (Lipinski definition) is 1. The largest absolute Gasteiger partial charge is 0.381 e. The van der Waals surface area contributed by atoms with Crippen LogP contribution in [0.5, 0.6) is 0 Å². The van der Waals surface area contributed by atoms with Crippen molar-refractivity contribution in [1.82, 2.24) is 0 Å². The molecule has 4 nitrogen and oxygen atoms in total. The Morgan fingerprint density at radius 3 is 2.00 bits per heavy atom. The molecular formula is C30H40N2O2S2. The van der Waals surface area contributed by atoms with Crippen LogP contribution in [0.25, 0.3) is 0 Å². The number of hydrogen-bond acceptors (Lipinski definition) is 5. The molecule has 1 amide bonds. The number of Topliss-reactive ketones (excluding diaryl/α,β-unsaturated/α-hetero) is 1. The molecule has 194 valence electrons. The van der Waals surface area contributed by atoms with Crippen molar-refractivity contribution < 1.29 is 9.59 Å². The maximum atomic E-state index is 13.4. The van der Waals surface area contributed by atoms with Crippen LogP contribution in [0, 0.1) is 0 Å². The molecule has 0 atom stereocenters. The smallest absolute Gasteiger partial charge is 0.234 e. The van der Waals surface area contributed by atoms with Crippen molar-refractivity contribution in [2.75, 3.05) is 10.2 Å². The van der Waals surface area contributed by atoms with Crippen LogP contribution in [0.4, 0.5) is 11.4 Å². The van der Waals surface area contributed by atoms with Crippen LogP contribution < -0.4 is 10.2 Å². The quantitative estimate of drug-likeness (QED) is 0.202. The topological polar surface area (TPSA) is 49.4 Å². The molecule has 2 aliphatic rings. The van der Waals surface area contributed by atoms with Gasteiger partial charge in [0.15, 0.2) is 0 Å². The molecule has 4 rings (SSSR count). The molecule has 0 spiro atoms. The van der Waals surface area contributed by atoms with E-state index < -0.39 is 0 Å². The Labute approximate surface area is 224 Å². The van der Waals surface area contributed by atoms with Crippen LogP contribution in [0.3, 0.4) is 0 Å². The molecule has 0 heterocycles. The second-order valence-electron chi connectivity index (χ2n) is 10.3. The summed E-state index contributed by atoms with van der Waals surface area (Å²) in [5, 5.41) is 3.83. The molecule has 2 aliphatic carbocycles. The van der Waals surface area contributed by atoms with E-state index in [1.165, 1.54) is 68.9 Å². The number of nitrogens with one attached hydrogen (secondary N) is 1. The molecule has 0 aliphatic heterocycles. The van der Waals surface area contributed by atoms with Gasteiger partial charge >= 0.3 is 0 Å². The summed E-state index contributed by atoms with van der Waals surface area (Å²) < 4.78 is 0. The van der Waals surface area contributed by atoms with Gasteiger partial charge in [0, 0.05) is 27.6 Å². The number of carbonyl (C=O) groups excluding carboxylic acids is 2. The second-order valence-corrected chi connectivity index (χ2v) is 12.5. The zero-order chi connectivity index (χ0) is 25.2. The number of rotatable bonds is 9. The molecule has 2 fully saturated rings. The lowest BCUT2D eigenvalue weighted by Gasteiger charge is -2.32. The molecule has 0 aromatic heterocycles. The first-order valence-corrected chi connectivity index (χ1v) is 15.9. The SMILES string of the molecule is CC(=O)CC(=O)N(c1ccccc1SSc1ccccc1NC1CCCCCC1)C1CCCCCC1. The monoisotopic (exact) mass is 524 g/mol. The lowest BCUT2D eigenvalue weighted by Crippen LogP contribution is -2.41. The maximum absolute atomic E-state index is 13.4. The number of carbonyl (C=O) groups is 2. The van der Waals surface area contributed by atoms with Gasteiger partial charge in [-0.05, 0) is 56.9 Å². The molecule has 1 N–H and O–H groups in total. The number of nitrogens with zero attached hydrogens (tertiary/aromatic N) is 1. The van der Waals surface area contributed by atoms with Gasteiger partial charge in [0.25, 0.3) is 0 Å². The number of ketones is 1. The molecule has 6 heteroatoms. The minimum atomic E-state index is -0.0726. The maximum Gasteiger partial charge on any atom is 0.234 e. The van der Waals surface area contributed by atoms with Crippen LogP contribution in [0.2, 0.25) is 0 Å². The Kier molecular flexibility index (Phi) is 10.6. The van der Waals surface area contributed by atoms with Crippen LogP contribution in [-0.2, 0) is 9.59 Å². The number of amides is 1. The van der Waals surface area contributed by atoms with Crippen molar-refractivity contribution in [1.29, 1.82) is 0 Å². The van der Waals surface area contributed by atoms with Gasteiger partial charge in [-0.25, -0.2) is 0 Å². The lowest BCUT2D eigenvalue weighted by molar-refractivity contribution is -0.125. The summed E-state index contributed by atoms with van der Waals surface area (Å²) in [5.74, 6) is -0.139. The predicted molar refractivity (Wildman–Crippen MR) is 154 cm³/mol. The number of anilines is 2. The van der Waals surface area contributed by atoms with Gasteiger partial charge in [-0.1, -0.05) is 97.2 Å². The summed E-state index contributed by atoms with van der Waals surface area (Å²) in [7, 11) is 3.46. The van der Waals surface area contributed by atoms with Gasteiger partial charge in [0.05, 0.1) is 12.1 Å². The second kappa shape index (κ2) is 14.1. The van der Waals surface area contributed by atoms with E-state index >= 15 is 0 Å². The third-order valence-electron chi connectivity index (χ3n) is 7.31. The molecular weight excluding hydrogens is 484 g/mol. The first-order valence-electron chi connectivity index (χ1n) is 13.7.